The number of aryl methyl sites for hydroxylation is 1. The second-order valence-corrected chi connectivity index (χ2v) is 5.69. The van der Waals surface area contributed by atoms with Gasteiger partial charge in [-0.1, -0.05) is 20.8 Å². The number of ether oxygens (including phenoxy) is 1. The highest BCUT2D eigenvalue weighted by Gasteiger charge is 2.20. The van der Waals surface area contributed by atoms with Crippen LogP contribution < -0.4 is 10.1 Å². The Bertz CT molecular complexity index is 461. The van der Waals surface area contributed by atoms with Crippen molar-refractivity contribution in [2.24, 2.45) is 0 Å². The number of carboxylic acids is 1. The number of rotatable bonds is 5. The lowest BCUT2D eigenvalue weighted by Crippen LogP contribution is -2.15. The summed E-state index contributed by atoms with van der Waals surface area (Å²) in [5.74, 6) is 0.0727. The molecule has 0 saturated heterocycles. The standard InChI is InChI=1S/C15H23NO3/c1-10-8-13(19-5)11(15(2,3)4)9-12(10)16-7-6-14(17)18/h8-9,16H,6-7H2,1-5H3,(H,17,18). The lowest BCUT2D eigenvalue weighted by atomic mass is 9.85. The molecule has 4 nitrogen and oxygen atoms in total. The van der Waals surface area contributed by atoms with E-state index in [0.29, 0.717) is 6.54 Å². The lowest BCUT2D eigenvalue weighted by molar-refractivity contribution is -0.136. The number of methoxy groups -OCH3 is 1. The van der Waals surface area contributed by atoms with Gasteiger partial charge in [0.2, 0.25) is 0 Å². The molecule has 0 spiro atoms. The first-order valence-electron chi connectivity index (χ1n) is 6.40. The van der Waals surface area contributed by atoms with Gasteiger partial charge in [0.25, 0.3) is 0 Å². The normalized spacial score (nSPS) is 11.2. The van der Waals surface area contributed by atoms with E-state index in [2.05, 4.69) is 32.2 Å². The maximum atomic E-state index is 10.5. The average molecular weight is 265 g/mol. The summed E-state index contributed by atoms with van der Waals surface area (Å²) in [6.07, 6.45) is 0.107. The average Bonchev–Trinajstić information content (AvgIpc) is 2.28. The van der Waals surface area contributed by atoms with E-state index < -0.39 is 5.97 Å². The zero-order chi connectivity index (χ0) is 14.6. The molecule has 0 amide bonds. The summed E-state index contributed by atoms with van der Waals surface area (Å²) in [5, 5.41) is 11.8. The topological polar surface area (TPSA) is 58.6 Å². The molecule has 0 unspecified atom stereocenters. The zero-order valence-electron chi connectivity index (χ0n) is 12.3. The highest BCUT2D eigenvalue weighted by Crippen LogP contribution is 2.35. The van der Waals surface area contributed by atoms with Gasteiger partial charge in [-0.15, -0.1) is 0 Å². The first-order valence-corrected chi connectivity index (χ1v) is 6.40. The van der Waals surface area contributed by atoms with Crippen LogP contribution in [-0.4, -0.2) is 24.7 Å². The Morgan fingerprint density at radius 1 is 1.37 bits per heavy atom. The van der Waals surface area contributed by atoms with Gasteiger partial charge in [0.05, 0.1) is 13.5 Å². The Balaban J connectivity index is 3.03. The molecular weight excluding hydrogens is 242 g/mol. The van der Waals surface area contributed by atoms with E-state index in [9.17, 15) is 4.79 Å². The Morgan fingerprint density at radius 3 is 2.47 bits per heavy atom. The molecular formula is C15H23NO3. The Morgan fingerprint density at radius 2 is 2.00 bits per heavy atom. The van der Waals surface area contributed by atoms with Gasteiger partial charge in [0.1, 0.15) is 5.75 Å². The van der Waals surface area contributed by atoms with Crippen LogP contribution in [0, 0.1) is 6.92 Å². The van der Waals surface area contributed by atoms with Gasteiger partial charge < -0.3 is 15.2 Å². The minimum Gasteiger partial charge on any atom is -0.496 e. The molecule has 0 radical (unpaired) electrons. The SMILES string of the molecule is COc1cc(C)c(NCCC(=O)O)cc1C(C)(C)C. The van der Waals surface area contributed by atoms with Gasteiger partial charge in [-0.2, -0.15) is 0 Å². The monoisotopic (exact) mass is 265 g/mol. The van der Waals surface area contributed by atoms with Crippen LogP contribution in [0.1, 0.15) is 38.3 Å². The summed E-state index contributed by atoms with van der Waals surface area (Å²) in [4.78, 5) is 10.5. The van der Waals surface area contributed by atoms with E-state index >= 15 is 0 Å². The molecule has 0 saturated carbocycles. The smallest absolute Gasteiger partial charge is 0.305 e. The molecule has 0 aliphatic rings. The van der Waals surface area contributed by atoms with Crippen LogP contribution in [-0.2, 0) is 10.2 Å². The quantitative estimate of drug-likeness (QED) is 0.858. The molecule has 0 fully saturated rings. The molecule has 0 aromatic heterocycles. The number of hydrogen-bond donors (Lipinski definition) is 2. The molecule has 0 aliphatic heterocycles. The minimum absolute atomic E-state index is 0.0255. The van der Waals surface area contributed by atoms with Crippen LogP contribution in [0.5, 0.6) is 5.75 Å². The molecule has 1 aromatic carbocycles. The second kappa shape index (κ2) is 5.95. The van der Waals surface area contributed by atoms with Crippen LogP contribution in [0.4, 0.5) is 5.69 Å². The number of aliphatic carboxylic acids is 1. The molecule has 4 heteroatoms. The summed E-state index contributed by atoms with van der Waals surface area (Å²) in [6.45, 7) is 8.79. The van der Waals surface area contributed by atoms with Crippen molar-refractivity contribution in [1.82, 2.24) is 0 Å². The third kappa shape index (κ3) is 4.16. The van der Waals surface area contributed by atoms with E-state index in [1.807, 2.05) is 13.0 Å². The fraction of sp³-hybridized carbons (Fsp3) is 0.533. The third-order valence-corrected chi connectivity index (χ3v) is 3.01. The molecule has 0 bridgehead atoms. The third-order valence-electron chi connectivity index (χ3n) is 3.01. The van der Waals surface area contributed by atoms with Crippen molar-refractivity contribution in [2.75, 3.05) is 19.0 Å². The highest BCUT2D eigenvalue weighted by atomic mass is 16.5. The number of carboxylic acid groups (broad SMARTS) is 1. The van der Waals surface area contributed by atoms with Crippen LogP contribution in [0.3, 0.4) is 0 Å². The number of hydrogen-bond acceptors (Lipinski definition) is 3. The maximum Gasteiger partial charge on any atom is 0.305 e. The van der Waals surface area contributed by atoms with Crippen molar-refractivity contribution in [2.45, 2.75) is 39.5 Å². The Kier molecular flexibility index (Phi) is 4.81. The fourth-order valence-electron chi connectivity index (χ4n) is 1.93. The first-order chi connectivity index (χ1) is 8.75. The van der Waals surface area contributed by atoms with Crippen molar-refractivity contribution in [3.63, 3.8) is 0 Å². The lowest BCUT2D eigenvalue weighted by Gasteiger charge is -2.24. The van der Waals surface area contributed by atoms with Gasteiger partial charge >= 0.3 is 5.97 Å². The van der Waals surface area contributed by atoms with Crippen LogP contribution in [0.15, 0.2) is 12.1 Å². The van der Waals surface area contributed by atoms with Gasteiger partial charge in [-0.25, -0.2) is 0 Å². The summed E-state index contributed by atoms with van der Waals surface area (Å²) in [5.41, 5.74) is 3.10. The van der Waals surface area contributed by atoms with Gasteiger partial charge in [-0.3, -0.25) is 4.79 Å². The fourth-order valence-corrected chi connectivity index (χ4v) is 1.93. The van der Waals surface area contributed by atoms with Crippen LogP contribution in [0.2, 0.25) is 0 Å². The highest BCUT2D eigenvalue weighted by molar-refractivity contribution is 5.68. The minimum atomic E-state index is -0.797. The summed E-state index contributed by atoms with van der Waals surface area (Å²) in [7, 11) is 1.67. The van der Waals surface area contributed by atoms with E-state index in [1.54, 1.807) is 7.11 Å². The van der Waals surface area contributed by atoms with E-state index in [4.69, 9.17) is 9.84 Å². The largest absolute Gasteiger partial charge is 0.496 e. The van der Waals surface area contributed by atoms with Gasteiger partial charge in [0, 0.05) is 17.8 Å². The van der Waals surface area contributed by atoms with Crippen molar-refractivity contribution in [3.05, 3.63) is 23.3 Å². The maximum absolute atomic E-state index is 10.5. The molecule has 0 atom stereocenters. The molecule has 1 rings (SSSR count). The van der Waals surface area contributed by atoms with Crippen molar-refractivity contribution < 1.29 is 14.6 Å². The van der Waals surface area contributed by atoms with Crippen molar-refractivity contribution >= 4 is 11.7 Å². The van der Waals surface area contributed by atoms with Crippen LogP contribution >= 0.6 is 0 Å². The Labute approximate surface area is 114 Å². The summed E-state index contributed by atoms with van der Waals surface area (Å²) in [6, 6.07) is 4.04. The van der Waals surface area contributed by atoms with Gasteiger partial charge in [-0.05, 0) is 30.0 Å². The van der Waals surface area contributed by atoms with E-state index in [0.717, 1.165) is 22.6 Å². The van der Waals surface area contributed by atoms with E-state index in [-0.39, 0.29) is 11.8 Å². The number of carbonyl (C=O) groups is 1. The predicted molar refractivity (Wildman–Crippen MR) is 77.2 cm³/mol. The molecule has 0 heterocycles. The summed E-state index contributed by atoms with van der Waals surface area (Å²) < 4.78 is 5.43. The van der Waals surface area contributed by atoms with Gasteiger partial charge in [0.15, 0.2) is 0 Å². The first kappa shape index (κ1) is 15.3. The van der Waals surface area contributed by atoms with Crippen molar-refractivity contribution in [1.29, 1.82) is 0 Å². The number of nitrogens with one attached hydrogen (secondary N) is 1. The summed E-state index contributed by atoms with van der Waals surface area (Å²) >= 11 is 0. The predicted octanol–water partition coefficient (Wildman–Crippen LogP) is 3.19. The zero-order valence-corrected chi connectivity index (χ0v) is 12.3. The molecule has 1 aromatic rings. The molecule has 0 aliphatic carbocycles. The number of anilines is 1. The van der Waals surface area contributed by atoms with Crippen LogP contribution in [0.25, 0.3) is 0 Å². The molecule has 19 heavy (non-hydrogen) atoms. The van der Waals surface area contributed by atoms with Crippen molar-refractivity contribution in [3.8, 4) is 5.75 Å². The Hall–Kier alpha value is -1.71. The molecule has 106 valence electrons. The van der Waals surface area contributed by atoms with E-state index in [1.165, 1.54) is 0 Å². The number of benzene rings is 1. The second-order valence-electron chi connectivity index (χ2n) is 5.69. The molecule has 2 N–H and O–H groups in total.